The molecule has 1 unspecified atom stereocenters. The van der Waals surface area contributed by atoms with Gasteiger partial charge in [-0.3, -0.25) is 9.59 Å². The third kappa shape index (κ3) is 4.97. The van der Waals surface area contributed by atoms with Gasteiger partial charge in [0.2, 0.25) is 5.91 Å². The van der Waals surface area contributed by atoms with Crippen LogP contribution >= 0.6 is 12.4 Å². The molecule has 0 bridgehead atoms. The Balaban J connectivity index is 0.00000280. The number of Topliss-reactive ketones (excluding diaryl/α,β-unsaturated/α-hetero) is 1. The van der Waals surface area contributed by atoms with Gasteiger partial charge >= 0.3 is 0 Å². The SMILES string of the molecule is CC(CC(=O)N1C[C@@H](CN)[C@H](c2ccccc2)C1)C(=O)c1cccc(F)c1.Cl. The van der Waals surface area contributed by atoms with Crippen molar-refractivity contribution in [1.29, 1.82) is 0 Å². The normalized spacial score (nSPS) is 19.8. The number of rotatable bonds is 6. The molecule has 2 aromatic carbocycles. The fraction of sp³-hybridized carbons (Fsp3) is 0.364. The molecule has 0 aliphatic carbocycles. The molecule has 0 saturated carbocycles. The summed E-state index contributed by atoms with van der Waals surface area (Å²) in [5, 5.41) is 0. The number of likely N-dealkylation sites (tertiary alicyclic amines) is 1. The molecule has 0 spiro atoms. The molecule has 2 aromatic rings. The summed E-state index contributed by atoms with van der Waals surface area (Å²) in [5.74, 6) is -0.775. The highest BCUT2D eigenvalue weighted by Gasteiger charge is 2.35. The molecule has 1 fully saturated rings. The number of nitrogens with two attached hydrogens (primary N) is 1. The van der Waals surface area contributed by atoms with Gasteiger partial charge in [-0.1, -0.05) is 49.4 Å². The van der Waals surface area contributed by atoms with Crippen LogP contribution in [-0.2, 0) is 4.79 Å². The lowest BCUT2D eigenvalue weighted by atomic mass is 9.89. The van der Waals surface area contributed by atoms with E-state index in [2.05, 4.69) is 12.1 Å². The van der Waals surface area contributed by atoms with Crippen molar-refractivity contribution in [3.05, 3.63) is 71.5 Å². The van der Waals surface area contributed by atoms with E-state index in [0.29, 0.717) is 25.2 Å². The van der Waals surface area contributed by atoms with Crippen LogP contribution in [0.1, 0.15) is 35.2 Å². The van der Waals surface area contributed by atoms with Gasteiger partial charge in [0, 0.05) is 36.9 Å². The highest BCUT2D eigenvalue weighted by atomic mass is 35.5. The van der Waals surface area contributed by atoms with Crippen molar-refractivity contribution in [3.8, 4) is 0 Å². The minimum absolute atomic E-state index is 0. The van der Waals surface area contributed by atoms with Crippen LogP contribution in [0, 0.1) is 17.7 Å². The van der Waals surface area contributed by atoms with Crippen LogP contribution < -0.4 is 5.73 Å². The number of halogens is 2. The summed E-state index contributed by atoms with van der Waals surface area (Å²) in [6.07, 6.45) is 0.119. The predicted molar refractivity (Wildman–Crippen MR) is 110 cm³/mol. The Hall–Kier alpha value is -2.24. The monoisotopic (exact) mass is 404 g/mol. The van der Waals surface area contributed by atoms with Crippen LogP contribution in [0.15, 0.2) is 54.6 Å². The lowest BCUT2D eigenvalue weighted by Crippen LogP contribution is -2.32. The standard InChI is InChI=1S/C22H25FN2O2.ClH/c1-15(22(27)17-8-5-9-19(23)11-17)10-21(26)25-13-18(12-24)20(14-25)16-6-3-2-4-7-16;/h2-9,11,15,18,20H,10,12-14,24H2,1H3;1H/t15?,18-,20+;/m1./s1. The van der Waals surface area contributed by atoms with E-state index in [1.807, 2.05) is 23.1 Å². The Morgan fingerprint density at radius 1 is 1.14 bits per heavy atom. The minimum atomic E-state index is -0.494. The van der Waals surface area contributed by atoms with Gasteiger partial charge in [0.15, 0.2) is 5.78 Å². The molecule has 0 radical (unpaired) electrons. The van der Waals surface area contributed by atoms with Gasteiger partial charge in [-0.15, -0.1) is 12.4 Å². The van der Waals surface area contributed by atoms with Gasteiger partial charge in [-0.25, -0.2) is 4.39 Å². The van der Waals surface area contributed by atoms with Crippen LogP contribution in [0.4, 0.5) is 4.39 Å². The van der Waals surface area contributed by atoms with Gasteiger partial charge in [-0.2, -0.15) is 0 Å². The number of hydrogen-bond donors (Lipinski definition) is 1. The maximum absolute atomic E-state index is 13.3. The first-order valence-corrected chi connectivity index (χ1v) is 9.32. The lowest BCUT2D eigenvalue weighted by Gasteiger charge is -2.19. The summed E-state index contributed by atoms with van der Waals surface area (Å²) in [4.78, 5) is 27.1. The lowest BCUT2D eigenvalue weighted by molar-refractivity contribution is -0.130. The maximum Gasteiger partial charge on any atom is 0.223 e. The summed E-state index contributed by atoms with van der Waals surface area (Å²) >= 11 is 0. The van der Waals surface area contributed by atoms with E-state index in [4.69, 9.17) is 5.73 Å². The molecule has 1 amide bonds. The van der Waals surface area contributed by atoms with E-state index in [0.717, 1.165) is 0 Å². The number of amides is 1. The van der Waals surface area contributed by atoms with Crippen molar-refractivity contribution < 1.29 is 14.0 Å². The summed E-state index contributed by atoms with van der Waals surface area (Å²) in [7, 11) is 0. The molecule has 0 aromatic heterocycles. The number of carbonyl (C=O) groups excluding carboxylic acids is 2. The van der Waals surface area contributed by atoms with Crippen molar-refractivity contribution in [2.24, 2.45) is 17.6 Å². The van der Waals surface area contributed by atoms with E-state index in [1.54, 1.807) is 13.0 Å². The number of carbonyl (C=O) groups is 2. The fourth-order valence-electron chi connectivity index (χ4n) is 3.80. The zero-order chi connectivity index (χ0) is 19.4. The van der Waals surface area contributed by atoms with E-state index < -0.39 is 11.7 Å². The first-order chi connectivity index (χ1) is 13.0. The summed E-state index contributed by atoms with van der Waals surface area (Å²) in [6, 6.07) is 15.7. The molecule has 1 aliphatic heterocycles. The Bertz CT molecular complexity index is 815. The average molecular weight is 405 g/mol. The predicted octanol–water partition coefficient (Wildman–Crippen LogP) is 3.66. The number of benzene rings is 2. The first kappa shape index (κ1) is 22.1. The third-order valence-electron chi connectivity index (χ3n) is 5.36. The van der Waals surface area contributed by atoms with Gasteiger partial charge in [-0.05, 0) is 30.2 Å². The molecule has 4 nitrogen and oxygen atoms in total. The van der Waals surface area contributed by atoms with Crippen LogP contribution in [0.3, 0.4) is 0 Å². The zero-order valence-corrected chi connectivity index (χ0v) is 16.7. The van der Waals surface area contributed by atoms with Crippen LogP contribution in [0.5, 0.6) is 0 Å². The number of hydrogen-bond acceptors (Lipinski definition) is 3. The highest BCUT2D eigenvalue weighted by molar-refractivity contribution is 5.99. The molecule has 3 atom stereocenters. The second-order valence-electron chi connectivity index (χ2n) is 7.29. The third-order valence-corrected chi connectivity index (χ3v) is 5.36. The second kappa shape index (κ2) is 9.80. The highest BCUT2D eigenvalue weighted by Crippen LogP contribution is 2.32. The van der Waals surface area contributed by atoms with E-state index >= 15 is 0 Å². The molecule has 3 rings (SSSR count). The zero-order valence-electron chi connectivity index (χ0n) is 15.9. The topological polar surface area (TPSA) is 63.4 Å². The van der Waals surface area contributed by atoms with Gasteiger partial charge in [0.05, 0.1) is 0 Å². The van der Waals surface area contributed by atoms with Gasteiger partial charge < -0.3 is 10.6 Å². The quantitative estimate of drug-likeness (QED) is 0.747. The molecular formula is C22H26ClFN2O2. The maximum atomic E-state index is 13.3. The largest absolute Gasteiger partial charge is 0.342 e. The minimum Gasteiger partial charge on any atom is -0.342 e. The Morgan fingerprint density at radius 2 is 1.86 bits per heavy atom. The van der Waals surface area contributed by atoms with Crippen molar-refractivity contribution in [2.75, 3.05) is 19.6 Å². The Morgan fingerprint density at radius 3 is 2.50 bits per heavy atom. The van der Waals surface area contributed by atoms with E-state index in [1.165, 1.54) is 23.8 Å². The Kier molecular flexibility index (Phi) is 7.72. The van der Waals surface area contributed by atoms with Crippen molar-refractivity contribution in [1.82, 2.24) is 4.90 Å². The fourth-order valence-corrected chi connectivity index (χ4v) is 3.80. The van der Waals surface area contributed by atoms with Gasteiger partial charge in [0.1, 0.15) is 5.82 Å². The van der Waals surface area contributed by atoms with Gasteiger partial charge in [0.25, 0.3) is 0 Å². The number of ketones is 1. The van der Waals surface area contributed by atoms with E-state index in [-0.39, 0.29) is 42.4 Å². The molecule has 2 N–H and O–H groups in total. The van der Waals surface area contributed by atoms with Crippen LogP contribution in [0.2, 0.25) is 0 Å². The number of nitrogens with zero attached hydrogens (tertiary/aromatic N) is 1. The summed E-state index contributed by atoms with van der Waals surface area (Å²) in [5.41, 5.74) is 7.43. The van der Waals surface area contributed by atoms with Crippen molar-refractivity contribution in [2.45, 2.75) is 19.3 Å². The van der Waals surface area contributed by atoms with E-state index in [9.17, 15) is 14.0 Å². The second-order valence-corrected chi connectivity index (χ2v) is 7.29. The van der Waals surface area contributed by atoms with Crippen LogP contribution in [-0.4, -0.2) is 36.2 Å². The summed E-state index contributed by atoms with van der Waals surface area (Å²) in [6.45, 7) is 3.46. The molecule has 1 heterocycles. The molecule has 28 heavy (non-hydrogen) atoms. The van der Waals surface area contributed by atoms with Crippen LogP contribution in [0.25, 0.3) is 0 Å². The smallest absolute Gasteiger partial charge is 0.223 e. The molecule has 150 valence electrons. The van der Waals surface area contributed by atoms with Crippen molar-refractivity contribution >= 4 is 24.1 Å². The average Bonchev–Trinajstić information content (AvgIpc) is 3.12. The molecular weight excluding hydrogens is 379 g/mol. The molecule has 6 heteroatoms. The first-order valence-electron chi connectivity index (χ1n) is 9.32. The summed E-state index contributed by atoms with van der Waals surface area (Å²) < 4.78 is 13.3. The molecule has 1 saturated heterocycles. The van der Waals surface area contributed by atoms with Crippen molar-refractivity contribution in [3.63, 3.8) is 0 Å². The molecule has 1 aliphatic rings. The Labute approximate surface area is 171 Å².